The summed E-state index contributed by atoms with van der Waals surface area (Å²) in [4.78, 5) is 54.9. The molecular formula is C24H39N7O6. The smallest absolute Gasteiger partial charge is 0.321 e. The van der Waals surface area contributed by atoms with E-state index in [1.807, 2.05) is 13.8 Å². The van der Waals surface area contributed by atoms with E-state index in [2.05, 4.69) is 19.9 Å². The Hall–Kier alpha value is -3.29. The molecule has 0 aromatic carbocycles. The third-order valence-electron chi connectivity index (χ3n) is 6.47. The van der Waals surface area contributed by atoms with E-state index in [4.69, 9.17) is 0 Å². The molecule has 5 N–H and O–H groups in total. The van der Waals surface area contributed by atoms with E-state index in [-0.39, 0.29) is 18.8 Å². The number of aliphatic carboxylic acids is 3. The number of carboxylic acid groups (broad SMARTS) is 3. The molecule has 0 bridgehead atoms. The Morgan fingerprint density at radius 1 is 0.757 bits per heavy atom. The molecule has 0 saturated carbocycles. The van der Waals surface area contributed by atoms with Gasteiger partial charge in [0.05, 0.1) is 12.7 Å². The first-order valence-electron chi connectivity index (χ1n) is 12.3. The lowest BCUT2D eigenvalue weighted by atomic mass is 10.0. The van der Waals surface area contributed by atoms with Crippen molar-refractivity contribution in [3.63, 3.8) is 0 Å². The van der Waals surface area contributed by atoms with Crippen LogP contribution in [0.5, 0.6) is 0 Å². The monoisotopic (exact) mass is 521 g/mol. The summed E-state index contributed by atoms with van der Waals surface area (Å²) in [6.07, 6.45) is 7.02. The van der Waals surface area contributed by atoms with Gasteiger partial charge in [0.1, 0.15) is 18.1 Å². The number of carbonyl (C=O) groups is 3. The molecule has 0 fully saturated rings. The predicted molar refractivity (Wildman–Crippen MR) is 135 cm³/mol. The second-order valence-electron chi connectivity index (χ2n) is 9.75. The second-order valence-corrected chi connectivity index (χ2v) is 9.75. The summed E-state index contributed by atoms with van der Waals surface area (Å²) in [5, 5.41) is 29.5. The molecule has 2 heterocycles. The minimum atomic E-state index is -0.983. The Labute approximate surface area is 216 Å². The van der Waals surface area contributed by atoms with Gasteiger partial charge in [0.15, 0.2) is 0 Å². The number of nitrogens with one attached hydrogen (secondary N) is 2. The Balaban J connectivity index is 2.12. The summed E-state index contributed by atoms with van der Waals surface area (Å²) < 4.78 is 0. The highest BCUT2D eigenvalue weighted by atomic mass is 16.4. The van der Waals surface area contributed by atoms with E-state index in [0.717, 1.165) is 0 Å². The number of aromatic nitrogens is 4. The lowest BCUT2D eigenvalue weighted by Crippen LogP contribution is -2.51. The fourth-order valence-electron chi connectivity index (χ4n) is 4.23. The fraction of sp³-hybridized carbons (Fsp3) is 0.625. The maximum absolute atomic E-state index is 12.2. The zero-order valence-corrected chi connectivity index (χ0v) is 21.9. The molecule has 13 heteroatoms. The largest absolute Gasteiger partial charge is 0.480 e. The molecule has 13 nitrogen and oxygen atoms in total. The van der Waals surface area contributed by atoms with Gasteiger partial charge < -0.3 is 25.3 Å². The SMILES string of the molecule is CC(C)C[C@@H](C(=O)O)N(CCN(C)[C@H](Cc1cnc[nH]1)C(=O)O)CCN(C)[C@@H](Cc1cnc[nH]1)C(=O)O. The summed E-state index contributed by atoms with van der Waals surface area (Å²) >= 11 is 0. The van der Waals surface area contributed by atoms with Gasteiger partial charge in [0.2, 0.25) is 0 Å². The molecule has 0 radical (unpaired) electrons. The molecule has 0 aliphatic carbocycles. The van der Waals surface area contributed by atoms with Crippen molar-refractivity contribution in [3.8, 4) is 0 Å². The van der Waals surface area contributed by atoms with E-state index in [1.54, 1.807) is 41.2 Å². The van der Waals surface area contributed by atoms with Crippen molar-refractivity contribution in [2.45, 2.75) is 51.2 Å². The van der Waals surface area contributed by atoms with Crippen molar-refractivity contribution in [1.82, 2.24) is 34.6 Å². The zero-order chi connectivity index (χ0) is 27.5. The number of likely N-dealkylation sites (N-methyl/N-ethyl adjacent to an activating group) is 2. The van der Waals surface area contributed by atoms with Crippen LogP contribution in [0.15, 0.2) is 25.0 Å². The first-order chi connectivity index (χ1) is 17.5. The van der Waals surface area contributed by atoms with E-state index >= 15 is 0 Å². The summed E-state index contributed by atoms with van der Waals surface area (Å²) in [5.74, 6) is -2.80. The first-order valence-corrected chi connectivity index (χ1v) is 12.3. The number of carboxylic acids is 3. The molecular weight excluding hydrogens is 482 g/mol. The van der Waals surface area contributed by atoms with Crippen LogP contribution in [0.2, 0.25) is 0 Å². The molecule has 0 saturated heterocycles. The van der Waals surface area contributed by atoms with Crippen LogP contribution in [0.3, 0.4) is 0 Å². The number of hydrogen-bond acceptors (Lipinski definition) is 8. The standard InChI is InChI=1S/C24H39N7O6/c1-16(2)9-21(24(36)37)31(7-5-29(3)19(22(32)33)10-17-12-25-14-27-17)8-6-30(4)20(23(34)35)11-18-13-26-15-28-18/h12-16,19-21H,5-11H2,1-4H3,(H,25,27)(H,26,28)(H,32,33)(H,34,35)(H,36,37)/t19-,20+,21-/m0/s1. The summed E-state index contributed by atoms with van der Waals surface area (Å²) in [5.41, 5.74) is 1.39. The highest BCUT2D eigenvalue weighted by molar-refractivity contribution is 5.74. The quantitative estimate of drug-likeness (QED) is 0.184. The Morgan fingerprint density at radius 3 is 1.46 bits per heavy atom. The maximum Gasteiger partial charge on any atom is 0.321 e. The zero-order valence-electron chi connectivity index (χ0n) is 21.9. The molecule has 2 rings (SSSR count). The van der Waals surface area contributed by atoms with Gasteiger partial charge in [-0.3, -0.25) is 29.1 Å². The van der Waals surface area contributed by atoms with Gasteiger partial charge in [0.25, 0.3) is 0 Å². The summed E-state index contributed by atoms with van der Waals surface area (Å²) in [6.45, 7) is 5.13. The van der Waals surface area contributed by atoms with Gasteiger partial charge in [-0.15, -0.1) is 0 Å². The number of hydrogen-bond donors (Lipinski definition) is 5. The molecule has 206 valence electrons. The van der Waals surface area contributed by atoms with Crippen molar-refractivity contribution in [3.05, 3.63) is 36.4 Å². The van der Waals surface area contributed by atoms with Crippen molar-refractivity contribution >= 4 is 17.9 Å². The van der Waals surface area contributed by atoms with Crippen molar-refractivity contribution < 1.29 is 29.7 Å². The number of rotatable bonds is 18. The van der Waals surface area contributed by atoms with Gasteiger partial charge in [-0.2, -0.15) is 0 Å². The lowest BCUT2D eigenvalue weighted by molar-refractivity contribution is -0.146. The lowest BCUT2D eigenvalue weighted by Gasteiger charge is -2.34. The van der Waals surface area contributed by atoms with Crippen LogP contribution in [-0.2, 0) is 27.2 Å². The van der Waals surface area contributed by atoms with Crippen LogP contribution < -0.4 is 0 Å². The topological polar surface area (TPSA) is 179 Å². The van der Waals surface area contributed by atoms with Gasteiger partial charge in [-0.25, -0.2) is 9.97 Å². The molecule has 0 amide bonds. The Kier molecular flexibility index (Phi) is 11.7. The van der Waals surface area contributed by atoms with Gasteiger partial charge in [-0.1, -0.05) is 13.8 Å². The normalized spacial score (nSPS) is 14.4. The van der Waals surface area contributed by atoms with Gasteiger partial charge in [0, 0.05) is 62.8 Å². The van der Waals surface area contributed by atoms with Crippen molar-refractivity contribution in [2.24, 2.45) is 5.92 Å². The highest BCUT2D eigenvalue weighted by Gasteiger charge is 2.30. The molecule has 37 heavy (non-hydrogen) atoms. The highest BCUT2D eigenvalue weighted by Crippen LogP contribution is 2.15. The second kappa shape index (κ2) is 14.4. The number of imidazole rings is 2. The number of nitrogens with zero attached hydrogens (tertiary/aromatic N) is 5. The van der Waals surface area contributed by atoms with E-state index in [0.29, 0.717) is 44.0 Å². The van der Waals surface area contributed by atoms with Crippen molar-refractivity contribution in [1.29, 1.82) is 0 Å². The Bertz CT molecular complexity index is 902. The van der Waals surface area contributed by atoms with E-state index < -0.39 is 36.0 Å². The van der Waals surface area contributed by atoms with Crippen LogP contribution in [-0.4, -0.2) is 126 Å². The first kappa shape index (κ1) is 29.9. The third-order valence-corrected chi connectivity index (χ3v) is 6.47. The third kappa shape index (κ3) is 9.59. The molecule has 0 spiro atoms. The van der Waals surface area contributed by atoms with Crippen LogP contribution in [0.25, 0.3) is 0 Å². The summed E-state index contributed by atoms with van der Waals surface area (Å²) in [7, 11) is 3.39. The molecule has 0 unspecified atom stereocenters. The fourth-order valence-corrected chi connectivity index (χ4v) is 4.23. The van der Waals surface area contributed by atoms with Crippen LogP contribution in [0, 0.1) is 5.92 Å². The average molecular weight is 522 g/mol. The molecule has 2 aromatic heterocycles. The predicted octanol–water partition coefficient (Wildman–Crippen LogP) is 0.489. The van der Waals surface area contributed by atoms with E-state index in [1.165, 1.54) is 12.7 Å². The van der Waals surface area contributed by atoms with Crippen LogP contribution in [0.1, 0.15) is 31.7 Å². The van der Waals surface area contributed by atoms with Gasteiger partial charge >= 0.3 is 17.9 Å². The number of H-pyrrole nitrogens is 2. The maximum atomic E-state index is 12.2. The van der Waals surface area contributed by atoms with Crippen molar-refractivity contribution in [2.75, 3.05) is 40.3 Å². The molecule has 3 atom stereocenters. The minimum Gasteiger partial charge on any atom is -0.480 e. The molecule has 0 aliphatic rings. The molecule has 2 aromatic rings. The summed E-state index contributed by atoms with van der Waals surface area (Å²) in [6, 6.07) is -2.41. The van der Waals surface area contributed by atoms with Crippen LogP contribution >= 0.6 is 0 Å². The van der Waals surface area contributed by atoms with E-state index in [9.17, 15) is 29.7 Å². The number of aromatic amines is 2. The van der Waals surface area contributed by atoms with Gasteiger partial charge in [-0.05, 0) is 26.4 Å². The molecule has 0 aliphatic heterocycles. The average Bonchev–Trinajstić information content (AvgIpc) is 3.53. The van der Waals surface area contributed by atoms with Crippen LogP contribution in [0.4, 0.5) is 0 Å². The minimum absolute atomic E-state index is 0.123. The Morgan fingerprint density at radius 2 is 1.16 bits per heavy atom.